The highest BCUT2D eigenvalue weighted by Crippen LogP contribution is 2.25. The number of fused-ring (bicyclic) bond motifs is 4. The van der Waals surface area contributed by atoms with Gasteiger partial charge in [-0.25, -0.2) is 0 Å². The second-order valence-electron chi connectivity index (χ2n) is 6.80. The Bertz CT molecular complexity index is 567. The van der Waals surface area contributed by atoms with Crippen LogP contribution in [0.1, 0.15) is 22.3 Å². The van der Waals surface area contributed by atoms with Gasteiger partial charge in [0.25, 0.3) is 0 Å². The van der Waals surface area contributed by atoms with Crippen molar-refractivity contribution in [3.63, 3.8) is 0 Å². The minimum atomic E-state index is 1.12. The molecular weight excluding hydrogens is 268 g/mol. The van der Waals surface area contributed by atoms with Gasteiger partial charge >= 0.3 is 0 Å². The molecule has 0 amide bonds. The van der Waals surface area contributed by atoms with Crippen molar-refractivity contribution in [1.82, 2.24) is 0 Å². The van der Waals surface area contributed by atoms with Gasteiger partial charge in [-0.2, -0.15) is 0 Å². The van der Waals surface area contributed by atoms with Crippen molar-refractivity contribution < 1.29 is 0 Å². The maximum atomic E-state index is 2.39. The quantitative estimate of drug-likeness (QED) is 0.833. The predicted octanol–water partition coefficient (Wildman–Crippen LogP) is 3.70. The van der Waals surface area contributed by atoms with Crippen LogP contribution in [0.2, 0.25) is 0 Å². The van der Waals surface area contributed by atoms with E-state index in [9.17, 15) is 0 Å². The van der Waals surface area contributed by atoms with Gasteiger partial charge in [-0.15, -0.1) is 0 Å². The van der Waals surface area contributed by atoms with Gasteiger partial charge in [0.05, 0.1) is 0 Å². The van der Waals surface area contributed by atoms with E-state index in [1.807, 2.05) is 0 Å². The highest BCUT2D eigenvalue weighted by atomic mass is 15.1. The smallest absolute Gasteiger partial charge is 0.0366 e. The number of aryl methyl sites for hydroxylation is 4. The summed E-state index contributed by atoms with van der Waals surface area (Å²) in [6.45, 7) is 0. The first-order valence-electron chi connectivity index (χ1n) is 8.11. The Morgan fingerprint density at radius 3 is 1.00 bits per heavy atom. The third kappa shape index (κ3) is 3.27. The molecule has 2 aromatic carbocycles. The maximum absolute atomic E-state index is 2.39. The van der Waals surface area contributed by atoms with Crippen LogP contribution in [-0.4, -0.2) is 28.2 Å². The van der Waals surface area contributed by atoms with Gasteiger partial charge < -0.3 is 9.80 Å². The van der Waals surface area contributed by atoms with Crippen molar-refractivity contribution in [2.24, 2.45) is 0 Å². The molecule has 0 unspecified atom stereocenters. The standard InChI is InChI=1S/C20H26N2/c1-21(2)19-11-15-5-7-17-10-18(8-6-16(9-15)12-19)14-20(13-17)22(3)4/h9-14H,5-8H2,1-4H3. The molecule has 4 bridgehead atoms. The van der Waals surface area contributed by atoms with E-state index in [0.29, 0.717) is 0 Å². The summed E-state index contributed by atoms with van der Waals surface area (Å²) in [6, 6.07) is 14.1. The highest BCUT2D eigenvalue weighted by Gasteiger charge is 2.09. The van der Waals surface area contributed by atoms with Crippen LogP contribution in [0.15, 0.2) is 36.4 Å². The molecule has 0 saturated heterocycles. The average molecular weight is 294 g/mol. The number of rotatable bonds is 2. The van der Waals surface area contributed by atoms with E-state index in [2.05, 4.69) is 74.4 Å². The van der Waals surface area contributed by atoms with Gasteiger partial charge in [-0.3, -0.25) is 0 Å². The summed E-state index contributed by atoms with van der Waals surface area (Å²) < 4.78 is 0. The van der Waals surface area contributed by atoms with E-state index in [-0.39, 0.29) is 0 Å². The Hall–Kier alpha value is -1.96. The number of hydrogen-bond donors (Lipinski definition) is 0. The van der Waals surface area contributed by atoms with Crippen LogP contribution in [0, 0.1) is 0 Å². The van der Waals surface area contributed by atoms with Crippen molar-refractivity contribution in [2.75, 3.05) is 38.0 Å². The fraction of sp³-hybridized carbons (Fsp3) is 0.400. The van der Waals surface area contributed by atoms with Gasteiger partial charge in [-0.05, 0) is 72.2 Å². The van der Waals surface area contributed by atoms with Crippen molar-refractivity contribution in [1.29, 1.82) is 0 Å². The van der Waals surface area contributed by atoms with Gasteiger partial charge in [0, 0.05) is 39.6 Å². The predicted molar refractivity (Wildman–Crippen MR) is 96.4 cm³/mol. The lowest BCUT2D eigenvalue weighted by atomic mass is 9.94. The molecule has 0 spiro atoms. The number of anilines is 2. The van der Waals surface area contributed by atoms with Gasteiger partial charge in [0.1, 0.15) is 0 Å². The number of benzene rings is 2. The molecule has 0 atom stereocenters. The molecule has 0 heterocycles. The molecule has 1 aliphatic rings. The first-order chi connectivity index (χ1) is 10.5. The minimum Gasteiger partial charge on any atom is -0.378 e. The Morgan fingerprint density at radius 1 is 0.500 bits per heavy atom. The second kappa shape index (κ2) is 6.04. The zero-order valence-corrected chi connectivity index (χ0v) is 14.2. The van der Waals surface area contributed by atoms with E-state index < -0.39 is 0 Å². The van der Waals surface area contributed by atoms with Crippen LogP contribution >= 0.6 is 0 Å². The topological polar surface area (TPSA) is 6.48 Å². The molecule has 116 valence electrons. The van der Waals surface area contributed by atoms with Crippen LogP contribution in [0.3, 0.4) is 0 Å². The number of nitrogens with zero attached hydrogens (tertiary/aromatic N) is 2. The summed E-state index contributed by atoms with van der Waals surface area (Å²) in [5.74, 6) is 0. The van der Waals surface area contributed by atoms with E-state index in [1.54, 1.807) is 0 Å². The minimum absolute atomic E-state index is 1.12. The summed E-state index contributed by atoms with van der Waals surface area (Å²) in [5.41, 5.74) is 8.48. The largest absolute Gasteiger partial charge is 0.378 e. The summed E-state index contributed by atoms with van der Waals surface area (Å²) >= 11 is 0. The molecule has 0 N–H and O–H groups in total. The summed E-state index contributed by atoms with van der Waals surface area (Å²) in [7, 11) is 8.50. The van der Waals surface area contributed by atoms with Crippen LogP contribution in [0.4, 0.5) is 11.4 Å². The molecule has 3 rings (SSSR count). The summed E-state index contributed by atoms with van der Waals surface area (Å²) in [6.07, 6.45) is 4.46. The van der Waals surface area contributed by atoms with E-state index in [0.717, 1.165) is 25.7 Å². The van der Waals surface area contributed by atoms with Crippen molar-refractivity contribution in [3.05, 3.63) is 58.7 Å². The molecule has 22 heavy (non-hydrogen) atoms. The van der Waals surface area contributed by atoms with Crippen LogP contribution < -0.4 is 9.80 Å². The first kappa shape index (κ1) is 15.0. The Labute approximate surface area is 134 Å². The second-order valence-corrected chi connectivity index (χ2v) is 6.80. The summed E-state index contributed by atoms with van der Waals surface area (Å²) in [4.78, 5) is 4.42. The lowest BCUT2D eigenvalue weighted by Gasteiger charge is -2.20. The molecule has 0 fully saturated rings. The van der Waals surface area contributed by atoms with E-state index in [4.69, 9.17) is 0 Å². The Kier molecular flexibility index (Phi) is 4.10. The van der Waals surface area contributed by atoms with Gasteiger partial charge in [-0.1, -0.05) is 12.1 Å². The lowest BCUT2D eigenvalue weighted by Crippen LogP contribution is -2.12. The van der Waals surface area contributed by atoms with Crippen LogP contribution in [-0.2, 0) is 25.7 Å². The third-order valence-corrected chi connectivity index (χ3v) is 4.51. The molecule has 2 heteroatoms. The normalized spacial score (nSPS) is 13.6. The Morgan fingerprint density at radius 2 is 0.773 bits per heavy atom. The fourth-order valence-corrected chi connectivity index (χ4v) is 3.16. The first-order valence-corrected chi connectivity index (χ1v) is 8.11. The van der Waals surface area contributed by atoms with Crippen LogP contribution in [0.25, 0.3) is 0 Å². The lowest BCUT2D eigenvalue weighted by molar-refractivity contribution is 0.899. The highest BCUT2D eigenvalue weighted by molar-refractivity contribution is 5.53. The maximum Gasteiger partial charge on any atom is 0.0366 e. The van der Waals surface area contributed by atoms with Crippen molar-refractivity contribution in [2.45, 2.75) is 25.7 Å². The molecule has 0 aromatic heterocycles. The van der Waals surface area contributed by atoms with E-state index in [1.165, 1.54) is 33.6 Å². The molecule has 0 radical (unpaired) electrons. The molecule has 2 aromatic rings. The van der Waals surface area contributed by atoms with E-state index >= 15 is 0 Å². The average Bonchev–Trinajstić information content (AvgIpc) is 2.50. The van der Waals surface area contributed by atoms with Crippen molar-refractivity contribution in [3.8, 4) is 0 Å². The molecule has 2 nitrogen and oxygen atoms in total. The third-order valence-electron chi connectivity index (χ3n) is 4.51. The van der Waals surface area contributed by atoms with Crippen molar-refractivity contribution >= 4 is 11.4 Å². The van der Waals surface area contributed by atoms with Gasteiger partial charge in [0.2, 0.25) is 0 Å². The SMILES string of the molecule is CN(C)c1cc2cc(c1)CCc1cc(cc(N(C)C)c1)CC2. The zero-order valence-electron chi connectivity index (χ0n) is 14.2. The molecule has 1 aliphatic carbocycles. The molecule has 0 saturated carbocycles. The zero-order chi connectivity index (χ0) is 15.7. The summed E-state index contributed by atoms with van der Waals surface area (Å²) in [5, 5.41) is 0. The molecule has 0 aliphatic heterocycles. The molecular formula is C20H26N2. The van der Waals surface area contributed by atoms with Gasteiger partial charge in [0.15, 0.2) is 0 Å². The Balaban J connectivity index is 1.97. The number of hydrogen-bond acceptors (Lipinski definition) is 2. The monoisotopic (exact) mass is 294 g/mol. The van der Waals surface area contributed by atoms with Crippen LogP contribution in [0.5, 0.6) is 0 Å². The fourth-order valence-electron chi connectivity index (χ4n) is 3.16.